The van der Waals surface area contributed by atoms with Crippen LogP contribution >= 0.6 is 11.6 Å². The Morgan fingerprint density at radius 3 is 2.51 bits per heavy atom. The molecule has 7 rings (SSSR count). The second-order valence-corrected chi connectivity index (χ2v) is 13.3. The number of halogens is 1. The third kappa shape index (κ3) is 6.93. The van der Waals surface area contributed by atoms with Crippen LogP contribution < -0.4 is 10.6 Å². The van der Waals surface area contributed by atoms with Gasteiger partial charge in [0.2, 0.25) is 0 Å². The van der Waals surface area contributed by atoms with Crippen LogP contribution in [0.15, 0.2) is 72.9 Å². The molecule has 3 heterocycles. The number of fused-ring (bicyclic) bond motifs is 2. The largest absolute Gasteiger partial charge is 0.461 e. The van der Waals surface area contributed by atoms with E-state index in [1.54, 1.807) is 17.2 Å². The van der Waals surface area contributed by atoms with Crippen molar-refractivity contribution in [1.29, 1.82) is 0 Å². The molecule has 3 aromatic carbocycles. The van der Waals surface area contributed by atoms with Gasteiger partial charge in [-0.2, -0.15) is 5.10 Å². The summed E-state index contributed by atoms with van der Waals surface area (Å²) in [4.78, 5) is 43.8. The van der Waals surface area contributed by atoms with E-state index < -0.39 is 12.0 Å². The second kappa shape index (κ2) is 13.7. The number of rotatable bonds is 7. The molecule has 0 spiro atoms. The molecule has 1 aliphatic carbocycles. The lowest BCUT2D eigenvalue weighted by atomic mass is 9.83. The number of benzene rings is 3. The molecule has 3 N–H and O–H groups in total. The first-order chi connectivity index (χ1) is 22.9. The van der Waals surface area contributed by atoms with Gasteiger partial charge >= 0.3 is 18.0 Å². The highest BCUT2D eigenvalue weighted by molar-refractivity contribution is 6.35. The number of nitrogens with zero attached hydrogens (tertiary/aromatic N) is 3. The van der Waals surface area contributed by atoms with E-state index >= 15 is 0 Å². The van der Waals surface area contributed by atoms with Crippen molar-refractivity contribution in [3.63, 3.8) is 0 Å². The van der Waals surface area contributed by atoms with E-state index in [1.165, 1.54) is 5.56 Å². The first-order valence-corrected chi connectivity index (χ1v) is 16.9. The van der Waals surface area contributed by atoms with Gasteiger partial charge in [0, 0.05) is 43.2 Å². The number of para-hydroxylation sites is 1. The van der Waals surface area contributed by atoms with Crippen LogP contribution in [-0.4, -0.2) is 69.3 Å². The number of amides is 4. The predicted molar refractivity (Wildman–Crippen MR) is 180 cm³/mol. The van der Waals surface area contributed by atoms with Crippen LogP contribution in [-0.2, 0) is 22.5 Å². The topological polar surface area (TPSA) is 120 Å². The van der Waals surface area contributed by atoms with Gasteiger partial charge in [0.15, 0.2) is 0 Å². The van der Waals surface area contributed by atoms with E-state index in [2.05, 4.69) is 45.1 Å². The van der Waals surface area contributed by atoms with Gasteiger partial charge in [-0.05, 0) is 79.3 Å². The monoisotopic (exact) mass is 654 g/mol. The number of hydrogen-bond donors (Lipinski definition) is 3. The van der Waals surface area contributed by atoms with Gasteiger partial charge in [0.25, 0.3) is 0 Å². The van der Waals surface area contributed by atoms with Crippen LogP contribution in [0.2, 0.25) is 5.02 Å². The first-order valence-electron chi connectivity index (χ1n) is 16.5. The Bertz CT molecular complexity index is 1750. The molecule has 1 unspecified atom stereocenters. The summed E-state index contributed by atoms with van der Waals surface area (Å²) in [5.74, 6) is 0.0163. The summed E-state index contributed by atoms with van der Waals surface area (Å²) in [5.41, 5.74) is 4.77. The standard InChI is InChI=1S/C36H39ClN6O4/c37-30-19-23(18-27-21-38-41-33(27)30)20-32(34(44)47-29-12-10-25(11-13-29)24-6-2-1-3-7-24)40-35(45)42-16-14-28(15-17-42)43-22-26-8-4-5-9-31(26)39-36(43)46/h1-9,18-19,21,25,28-29,32H,10-17,20,22H2,(H,38,41)(H,39,46)(H,40,45). The number of urea groups is 2. The van der Waals surface area contributed by atoms with Crippen molar-refractivity contribution in [3.05, 3.63) is 94.6 Å². The van der Waals surface area contributed by atoms with E-state index in [4.69, 9.17) is 16.3 Å². The van der Waals surface area contributed by atoms with E-state index in [9.17, 15) is 14.4 Å². The lowest BCUT2D eigenvalue weighted by molar-refractivity contribution is -0.153. The maximum atomic E-state index is 13.7. The number of anilines is 1. The summed E-state index contributed by atoms with van der Waals surface area (Å²) in [6, 6.07) is 20.7. The van der Waals surface area contributed by atoms with Gasteiger partial charge in [-0.1, -0.05) is 60.1 Å². The molecule has 10 nitrogen and oxygen atoms in total. The van der Waals surface area contributed by atoms with Crippen LogP contribution in [0.3, 0.4) is 0 Å². The molecule has 47 heavy (non-hydrogen) atoms. The SMILES string of the molecule is O=C(OC1CCC(c2ccccc2)CC1)C(Cc1cc(Cl)c2[nH]ncc2c1)NC(=O)N1CCC(N2Cc3ccccc3NC2=O)CC1. The number of H-pyrrole nitrogens is 1. The Kier molecular flexibility index (Phi) is 9.02. The summed E-state index contributed by atoms with van der Waals surface area (Å²) in [6.45, 7) is 1.49. The minimum absolute atomic E-state index is 0.0167. The highest BCUT2D eigenvalue weighted by atomic mass is 35.5. The lowest BCUT2D eigenvalue weighted by Crippen LogP contribution is -2.55. The van der Waals surface area contributed by atoms with Crippen molar-refractivity contribution in [3.8, 4) is 0 Å². The number of esters is 1. The van der Waals surface area contributed by atoms with Crippen molar-refractivity contribution in [2.75, 3.05) is 18.4 Å². The van der Waals surface area contributed by atoms with Crippen molar-refractivity contribution in [2.24, 2.45) is 0 Å². The van der Waals surface area contributed by atoms with E-state index in [-0.39, 0.29) is 30.6 Å². The third-order valence-corrected chi connectivity index (χ3v) is 10.2. The zero-order valence-electron chi connectivity index (χ0n) is 26.2. The minimum atomic E-state index is -0.892. The smallest absolute Gasteiger partial charge is 0.329 e. The third-order valence-electron chi connectivity index (χ3n) is 9.86. The molecule has 1 saturated heterocycles. The predicted octanol–water partition coefficient (Wildman–Crippen LogP) is 6.62. The average molecular weight is 655 g/mol. The van der Waals surface area contributed by atoms with Gasteiger partial charge < -0.3 is 25.2 Å². The number of piperidine rings is 1. The summed E-state index contributed by atoms with van der Waals surface area (Å²) >= 11 is 6.51. The van der Waals surface area contributed by atoms with Crippen LogP contribution in [0, 0.1) is 0 Å². The van der Waals surface area contributed by atoms with Crippen LogP contribution in [0.25, 0.3) is 10.9 Å². The Labute approximate surface area is 278 Å². The number of aromatic amines is 1. The molecule has 2 fully saturated rings. The summed E-state index contributed by atoms with van der Waals surface area (Å²) in [7, 11) is 0. The number of carbonyl (C=O) groups excluding carboxylic acids is 3. The maximum Gasteiger partial charge on any atom is 0.329 e. The fourth-order valence-electron chi connectivity index (χ4n) is 7.24. The number of ether oxygens (including phenoxy) is 1. The van der Waals surface area contributed by atoms with Crippen LogP contribution in [0.4, 0.5) is 15.3 Å². The van der Waals surface area contributed by atoms with Gasteiger partial charge in [0.1, 0.15) is 12.1 Å². The quantitative estimate of drug-likeness (QED) is 0.194. The Hall–Kier alpha value is -4.57. The van der Waals surface area contributed by atoms with Gasteiger partial charge in [0.05, 0.1) is 16.7 Å². The van der Waals surface area contributed by atoms with E-state index in [0.29, 0.717) is 43.4 Å². The van der Waals surface area contributed by atoms with Gasteiger partial charge in [-0.15, -0.1) is 0 Å². The van der Waals surface area contributed by atoms with Crippen molar-refractivity contribution in [1.82, 2.24) is 25.3 Å². The lowest BCUT2D eigenvalue weighted by Gasteiger charge is -2.40. The van der Waals surface area contributed by atoms with Gasteiger partial charge in [-0.25, -0.2) is 14.4 Å². The Morgan fingerprint density at radius 2 is 1.72 bits per heavy atom. The number of nitrogens with one attached hydrogen (secondary N) is 3. The molecule has 4 amide bonds. The molecular formula is C36H39ClN6O4. The second-order valence-electron chi connectivity index (χ2n) is 12.9. The summed E-state index contributed by atoms with van der Waals surface area (Å²) < 4.78 is 6.06. The number of carbonyl (C=O) groups is 3. The van der Waals surface area contributed by atoms with Crippen LogP contribution in [0.5, 0.6) is 0 Å². The highest BCUT2D eigenvalue weighted by Crippen LogP contribution is 2.34. The zero-order valence-corrected chi connectivity index (χ0v) is 26.9. The first kappa shape index (κ1) is 31.1. The van der Waals surface area contributed by atoms with Crippen molar-refractivity contribution >= 4 is 46.2 Å². The van der Waals surface area contributed by atoms with Crippen molar-refractivity contribution in [2.45, 2.75) is 75.6 Å². The number of hydrogen-bond acceptors (Lipinski definition) is 5. The maximum absolute atomic E-state index is 13.7. The number of likely N-dealkylation sites (tertiary alicyclic amines) is 1. The summed E-state index contributed by atoms with van der Waals surface area (Å²) in [5, 5.41) is 14.3. The molecule has 2 aliphatic heterocycles. The van der Waals surface area contributed by atoms with E-state index in [1.807, 2.05) is 41.3 Å². The summed E-state index contributed by atoms with van der Waals surface area (Å²) in [6.07, 6.45) is 6.47. The molecule has 1 atom stereocenters. The molecule has 0 radical (unpaired) electrons. The fourth-order valence-corrected chi connectivity index (χ4v) is 7.53. The molecule has 1 saturated carbocycles. The average Bonchev–Trinajstić information content (AvgIpc) is 3.58. The van der Waals surface area contributed by atoms with Crippen LogP contribution in [0.1, 0.15) is 61.1 Å². The highest BCUT2D eigenvalue weighted by Gasteiger charge is 2.35. The Morgan fingerprint density at radius 1 is 0.979 bits per heavy atom. The van der Waals surface area contributed by atoms with Gasteiger partial charge in [-0.3, -0.25) is 5.10 Å². The number of aromatic nitrogens is 2. The van der Waals surface area contributed by atoms with Crippen molar-refractivity contribution < 1.29 is 19.1 Å². The molecule has 1 aromatic heterocycles. The molecule has 244 valence electrons. The normalized spacial score (nSPS) is 20.7. The molecule has 11 heteroatoms. The molecule has 0 bridgehead atoms. The minimum Gasteiger partial charge on any atom is -0.461 e. The Balaban J connectivity index is 0.997. The molecule has 4 aromatic rings. The fraction of sp³-hybridized carbons (Fsp3) is 0.389. The molecule has 3 aliphatic rings. The molecular weight excluding hydrogens is 616 g/mol. The van der Waals surface area contributed by atoms with E-state index in [0.717, 1.165) is 53.4 Å². The zero-order chi connectivity index (χ0) is 32.3.